The summed E-state index contributed by atoms with van der Waals surface area (Å²) in [6, 6.07) is 5.84. The molecule has 0 saturated heterocycles. The Morgan fingerprint density at radius 1 is 0.935 bits per heavy atom. The van der Waals surface area contributed by atoms with Crippen LogP contribution in [0.2, 0.25) is 0 Å². The van der Waals surface area contributed by atoms with Gasteiger partial charge in [-0.15, -0.1) is 0 Å². The third-order valence-electron chi connectivity index (χ3n) is 4.38. The standard InChI is InChI=1S/C21H17F4N3O3/c22-11-2-3-13(15(23)8-11)20(30)14-4-5-18(29)28(21(14)27)19-16(24)9-12(10-17(19)25)31-7-1-6-26/h2-5,8-10H,1,6-7,26-27H2. The SMILES string of the molecule is NCCCOc1cc(F)c(-n2c(N)c(C(=O)c3ccc(F)cc3F)ccc2=O)c(F)c1. The highest BCUT2D eigenvalue weighted by atomic mass is 19.1. The number of rotatable bonds is 7. The monoisotopic (exact) mass is 435 g/mol. The fourth-order valence-electron chi connectivity index (χ4n) is 2.91. The first-order chi connectivity index (χ1) is 14.7. The van der Waals surface area contributed by atoms with E-state index in [1.807, 2.05) is 0 Å². The number of nitrogens with two attached hydrogens (primary N) is 2. The quantitative estimate of drug-likeness (QED) is 0.338. The summed E-state index contributed by atoms with van der Waals surface area (Å²) in [4.78, 5) is 25.0. The van der Waals surface area contributed by atoms with E-state index in [0.717, 1.165) is 36.4 Å². The van der Waals surface area contributed by atoms with Gasteiger partial charge < -0.3 is 16.2 Å². The number of nitrogens with zero attached hydrogens (tertiary/aromatic N) is 1. The number of hydrogen-bond acceptors (Lipinski definition) is 5. The molecular weight excluding hydrogens is 418 g/mol. The van der Waals surface area contributed by atoms with Gasteiger partial charge in [0.15, 0.2) is 17.4 Å². The van der Waals surface area contributed by atoms with Crippen LogP contribution in [0, 0.1) is 23.3 Å². The summed E-state index contributed by atoms with van der Waals surface area (Å²) >= 11 is 0. The molecule has 1 aromatic heterocycles. The molecule has 0 radical (unpaired) electrons. The van der Waals surface area contributed by atoms with Gasteiger partial charge in [0.25, 0.3) is 5.56 Å². The molecule has 0 aliphatic carbocycles. The number of ketones is 1. The molecule has 0 aliphatic rings. The minimum absolute atomic E-state index is 0.126. The van der Waals surface area contributed by atoms with Crippen molar-refractivity contribution in [3.05, 3.63) is 87.2 Å². The van der Waals surface area contributed by atoms with Gasteiger partial charge in [-0.3, -0.25) is 14.2 Å². The van der Waals surface area contributed by atoms with E-state index >= 15 is 0 Å². The summed E-state index contributed by atoms with van der Waals surface area (Å²) in [5, 5.41) is 0. The molecule has 10 heteroatoms. The number of anilines is 1. The third-order valence-corrected chi connectivity index (χ3v) is 4.38. The molecule has 0 saturated carbocycles. The number of carbonyl (C=O) groups excluding carboxylic acids is 1. The molecule has 31 heavy (non-hydrogen) atoms. The Morgan fingerprint density at radius 3 is 2.19 bits per heavy atom. The van der Waals surface area contributed by atoms with Crippen molar-refractivity contribution in [1.29, 1.82) is 0 Å². The first-order valence-corrected chi connectivity index (χ1v) is 9.08. The fraction of sp³-hybridized carbons (Fsp3) is 0.143. The van der Waals surface area contributed by atoms with Crippen molar-refractivity contribution in [3.63, 3.8) is 0 Å². The van der Waals surface area contributed by atoms with Crippen LogP contribution >= 0.6 is 0 Å². The molecule has 0 fully saturated rings. The van der Waals surface area contributed by atoms with Crippen molar-refractivity contribution >= 4 is 11.6 Å². The lowest BCUT2D eigenvalue weighted by Crippen LogP contribution is -2.25. The molecule has 0 amide bonds. The van der Waals surface area contributed by atoms with Gasteiger partial charge in [-0.05, 0) is 31.2 Å². The minimum Gasteiger partial charge on any atom is -0.493 e. The number of benzene rings is 2. The molecule has 0 aliphatic heterocycles. The van der Waals surface area contributed by atoms with Crippen molar-refractivity contribution in [2.45, 2.75) is 6.42 Å². The number of hydrogen-bond donors (Lipinski definition) is 2. The molecule has 3 rings (SSSR count). The summed E-state index contributed by atoms with van der Waals surface area (Å²) in [5.74, 6) is -6.13. The summed E-state index contributed by atoms with van der Waals surface area (Å²) in [5.41, 5.74) is 8.53. The van der Waals surface area contributed by atoms with Crippen LogP contribution in [0.5, 0.6) is 5.75 Å². The van der Waals surface area contributed by atoms with E-state index < -0.39 is 57.2 Å². The third kappa shape index (κ3) is 4.43. The van der Waals surface area contributed by atoms with Crippen molar-refractivity contribution < 1.29 is 27.1 Å². The predicted molar refractivity (Wildman–Crippen MR) is 105 cm³/mol. The summed E-state index contributed by atoms with van der Waals surface area (Å²) in [6.45, 7) is 0.453. The summed E-state index contributed by atoms with van der Waals surface area (Å²) in [6.07, 6.45) is 0.460. The molecule has 0 atom stereocenters. The molecule has 6 nitrogen and oxygen atoms in total. The maximum Gasteiger partial charge on any atom is 0.256 e. The number of halogens is 4. The number of aromatic nitrogens is 1. The van der Waals surface area contributed by atoms with Crippen molar-refractivity contribution in [1.82, 2.24) is 4.57 Å². The lowest BCUT2D eigenvalue weighted by atomic mass is 10.0. The smallest absolute Gasteiger partial charge is 0.256 e. The van der Waals surface area contributed by atoms with Gasteiger partial charge in [-0.2, -0.15) is 0 Å². The Labute approximate surface area is 173 Å². The lowest BCUT2D eigenvalue weighted by molar-refractivity contribution is 0.103. The highest BCUT2D eigenvalue weighted by Gasteiger charge is 2.23. The van der Waals surface area contributed by atoms with Crippen LogP contribution in [-0.2, 0) is 0 Å². The first-order valence-electron chi connectivity index (χ1n) is 9.08. The van der Waals surface area contributed by atoms with Gasteiger partial charge in [0.05, 0.1) is 17.7 Å². The van der Waals surface area contributed by atoms with Gasteiger partial charge in [-0.1, -0.05) is 0 Å². The molecule has 0 bridgehead atoms. The fourth-order valence-corrected chi connectivity index (χ4v) is 2.91. The lowest BCUT2D eigenvalue weighted by Gasteiger charge is -2.15. The number of pyridine rings is 1. The average Bonchev–Trinajstić information content (AvgIpc) is 2.69. The van der Waals surface area contributed by atoms with E-state index in [-0.39, 0.29) is 12.4 Å². The number of ether oxygens (including phenoxy) is 1. The van der Waals surface area contributed by atoms with Gasteiger partial charge >= 0.3 is 0 Å². The van der Waals surface area contributed by atoms with E-state index in [1.54, 1.807) is 0 Å². The van der Waals surface area contributed by atoms with Crippen LogP contribution in [-0.4, -0.2) is 23.5 Å². The molecule has 1 heterocycles. The van der Waals surface area contributed by atoms with Gasteiger partial charge in [-0.25, -0.2) is 17.6 Å². The first kappa shape index (κ1) is 22.0. The Morgan fingerprint density at radius 2 is 1.58 bits per heavy atom. The van der Waals surface area contributed by atoms with Gasteiger partial charge in [0.2, 0.25) is 0 Å². The molecular formula is C21H17F4N3O3. The largest absolute Gasteiger partial charge is 0.493 e. The minimum atomic E-state index is -1.17. The van der Waals surface area contributed by atoms with Crippen LogP contribution in [0.15, 0.2) is 47.3 Å². The van der Waals surface area contributed by atoms with Crippen molar-refractivity contribution in [3.8, 4) is 11.4 Å². The van der Waals surface area contributed by atoms with Gasteiger partial charge in [0.1, 0.15) is 28.9 Å². The van der Waals surface area contributed by atoms with E-state index in [0.29, 0.717) is 23.6 Å². The second kappa shape index (κ2) is 9.00. The van der Waals surface area contributed by atoms with Crippen LogP contribution in [0.1, 0.15) is 22.3 Å². The van der Waals surface area contributed by atoms with E-state index in [4.69, 9.17) is 16.2 Å². The highest BCUT2D eigenvalue weighted by molar-refractivity contribution is 6.11. The predicted octanol–water partition coefficient (Wildman–Crippen LogP) is 2.93. The van der Waals surface area contributed by atoms with Crippen LogP contribution in [0.4, 0.5) is 23.4 Å². The maximum absolute atomic E-state index is 14.7. The normalized spacial score (nSPS) is 10.9. The van der Waals surface area contributed by atoms with Crippen molar-refractivity contribution in [2.75, 3.05) is 18.9 Å². The van der Waals surface area contributed by atoms with Gasteiger partial charge in [0, 0.05) is 24.3 Å². The summed E-state index contributed by atoms with van der Waals surface area (Å²) in [7, 11) is 0. The van der Waals surface area contributed by atoms with E-state index in [2.05, 4.69) is 0 Å². The topological polar surface area (TPSA) is 100 Å². The number of nitrogen functional groups attached to an aromatic ring is 1. The molecule has 2 aromatic carbocycles. The zero-order valence-electron chi connectivity index (χ0n) is 16.0. The Balaban J connectivity index is 2.09. The Hall–Kier alpha value is -3.66. The average molecular weight is 435 g/mol. The highest BCUT2D eigenvalue weighted by Crippen LogP contribution is 2.27. The second-order valence-corrected chi connectivity index (χ2v) is 6.49. The molecule has 0 unspecified atom stereocenters. The van der Waals surface area contributed by atoms with E-state index in [9.17, 15) is 27.2 Å². The summed E-state index contributed by atoms with van der Waals surface area (Å²) < 4.78 is 62.2. The van der Waals surface area contributed by atoms with E-state index in [1.165, 1.54) is 0 Å². The van der Waals surface area contributed by atoms with Crippen LogP contribution < -0.4 is 21.8 Å². The number of carbonyl (C=O) groups is 1. The Kier molecular flexibility index (Phi) is 6.40. The Bertz CT molecular complexity index is 1190. The zero-order valence-corrected chi connectivity index (χ0v) is 16.0. The molecule has 4 N–H and O–H groups in total. The second-order valence-electron chi connectivity index (χ2n) is 6.49. The molecule has 3 aromatic rings. The molecule has 0 spiro atoms. The van der Waals surface area contributed by atoms with Crippen LogP contribution in [0.3, 0.4) is 0 Å². The van der Waals surface area contributed by atoms with Crippen molar-refractivity contribution in [2.24, 2.45) is 5.73 Å². The van der Waals surface area contributed by atoms with Crippen LogP contribution in [0.25, 0.3) is 5.69 Å². The maximum atomic E-state index is 14.7. The molecule has 162 valence electrons. The zero-order chi connectivity index (χ0) is 22.7.